The summed E-state index contributed by atoms with van der Waals surface area (Å²) in [6, 6.07) is 0. The predicted molar refractivity (Wildman–Crippen MR) is 29.4 cm³/mol. The first-order valence-corrected chi connectivity index (χ1v) is 2.20. The van der Waals surface area contributed by atoms with Crippen LogP contribution in [0.2, 0.25) is 0 Å². The van der Waals surface area contributed by atoms with Crippen molar-refractivity contribution in [2.45, 2.75) is 20.3 Å². The summed E-state index contributed by atoms with van der Waals surface area (Å²) in [5, 5.41) is 0. The molecule has 0 saturated heterocycles. The number of hydrogen-bond donors (Lipinski definition) is 0. The highest BCUT2D eigenvalue weighted by Crippen LogP contribution is 1.88. The van der Waals surface area contributed by atoms with Crippen molar-refractivity contribution in [1.82, 2.24) is 0 Å². The molecule has 0 radical (unpaired) electrons. The summed E-state index contributed by atoms with van der Waals surface area (Å²) in [5.74, 6) is 0. The molecular weight excluding hydrogens is 72.1 g/mol. The van der Waals surface area contributed by atoms with E-state index < -0.39 is 0 Å². The third-order valence-electron chi connectivity index (χ3n) is 0.553. The molecule has 0 rings (SSSR count). The number of hydrogen-bond acceptors (Lipinski definition) is 0. The maximum absolute atomic E-state index is 3.65. The fourth-order valence-corrected chi connectivity index (χ4v) is 0.289. The average molecular weight is 83.2 g/mol. The fourth-order valence-electron chi connectivity index (χ4n) is 0.289. The van der Waals surface area contributed by atoms with Crippen molar-refractivity contribution in [2.75, 3.05) is 0 Å². The van der Waals surface area contributed by atoms with E-state index in [2.05, 4.69) is 26.8 Å². The van der Waals surface area contributed by atoms with Gasteiger partial charge in [0, 0.05) is 0 Å². The van der Waals surface area contributed by atoms with Crippen molar-refractivity contribution in [3.63, 3.8) is 0 Å². The molecule has 0 atom stereocenters. The van der Waals surface area contributed by atoms with Crippen molar-refractivity contribution in [3.8, 4) is 0 Å². The zero-order valence-corrected chi connectivity index (χ0v) is 4.49. The summed E-state index contributed by atoms with van der Waals surface area (Å²) in [6.45, 7) is 7.80. The highest BCUT2D eigenvalue weighted by Gasteiger charge is 1.63. The van der Waals surface area contributed by atoms with E-state index in [0.717, 1.165) is 6.42 Å². The Balaban J connectivity index is 3.14. The van der Waals surface area contributed by atoms with Crippen LogP contribution < -0.4 is 0 Å². The van der Waals surface area contributed by atoms with E-state index in [-0.39, 0.29) is 0 Å². The summed E-state index contributed by atoms with van der Waals surface area (Å²) in [7, 11) is 0. The molecule has 0 aromatic heterocycles. The minimum atomic E-state index is 0.919. The molecule has 0 fully saturated rings. The molecule has 0 heterocycles. The molecular formula is C6H11-. The molecule has 0 heteroatoms. The fraction of sp³-hybridized carbons (Fsp3) is 0.500. The van der Waals surface area contributed by atoms with Gasteiger partial charge in [0.05, 0.1) is 0 Å². The standard InChI is InChI=1S/C6H11/c1-4-5-6(2)3/h5H,1,4H2,2-3H3/q-1. The lowest BCUT2D eigenvalue weighted by Crippen LogP contribution is -1.58. The lowest BCUT2D eigenvalue weighted by Gasteiger charge is -1.85. The largest absolute Gasteiger partial charge is 0.340 e. The van der Waals surface area contributed by atoms with Gasteiger partial charge in [-0.1, -0.05) is 5.57 Å². The molecule has 36 valence electrons. The summed E-state index contributed by atoms with van der Waals surface area (Å²) in [4.78, 5) is 0. The van der Waals surface area contributed by atoms with Crippen LogP contribution in [0.15, 0.2) is 11.6 Å². The van der Waals surface area contributed by atoms with Gasteiger partial charge in [-0.15, -0.1) is 6.08 Å². The number of allylic oxidation sites excluding steroid dienone is 2. The minimum absolute atomic E-state index is 0.919. The monoisotopic (exact) mass is 83.1 g/mol. The molecule has 0 nitrogen and oxygen atoms in total. The Morgan fingerprint density at radius 3 is 2.17 bits per heavy atom. The van der Waals surface area contributed by atoms with Crippen molar-refractivity contribution < 1.29 is 0 Å². The zero-order chi connectivity index (χ0) is 4.99. The normalized spacial score (nSPS) is 7.83. The smallest absolute Gasteiger partial charge is 0.0443 e. The van der Waals surface area contributed by atoms with Crippen LogP contribution in [0.5, 0.6) is 0 Å². The molecule has 0 bridgehead atoms. The van der Waals surface area contributed by atoms with Gasteiger partial charge >= 0.3 is 0 Å². The van der Waals surface area contributed by atoms with Gasteiger partial charge in [-0.2, -0.15) is 6.42 Å². The van der Waals surface area contributed by atoms with Crippen molar-refractivity contribution in [1.29, 1.82) is 0 Å². The third kappa shape index (κ3) is 3.74. The number of rotatable bonds is 1. The Hall–Kier alpha value is -0.260. The summed E-state index contributed by atoms with van der Waals surface area (Å²) in [5.41, 5.74) is 1.35. The van der Waals surface area contributed by atoms with Gasteiger partial charge in [-0.25, -0.2) is 0 Å². The van der Waals surface area contributed by atoms with Gasteiger partial charge in [0.15, 0.2) is 0 Å². The Bertz CT molecular complexity index is 47.1. The second-order valence-corrected chi connectivity index (χ2v) is 1.57. The molecule has 0 saturated carbocycles. The van der Waals surface area contributed by atoms with Crippen LogP contribution in [0.25, 0.3) is 0 Å². The maximum atomic E-state index is 3.65. The molecule has 0 aliphatic heterocycles. The van der Waals surface area contributed by atoms with Crippen LogP contribution in [0.4, 0.5) is 0 Å². The third-order valence-corrected chi connectivity index (χ3v) is 0.553. The first-order chi connectivity index (χ1) is 2.77. The molecule has 0 aliphatic rings. The first kappa shape index (κ1) is 5.74. The molecule has 0 amide bonds. The van der Waals surface area contributed by atoms with Crippen LogP contribution in [0, 0.1) is 6.92 Å². The molecule has 6 heavy (non-hydrogen) atoms. The SMILES string of the molecule is [CH2-]CC=C(C)C. The van der Waals surface area contributed by atoms with E-state index in [1.165, 1.54) is 5.57 Å². The lowest BCUT2D eigenvalue weighted by atomic mass is 10.3. The van der Waals surface area contributed by atoms with Gasteiger partial charge < -0.3 is 6.92 Å². The molecule has 0 N–H and O–H groups in total. The van der Waals surface area contributed by atoms with Gasteiger partial charge in [0.1, 0.15) is 0 Å². The molecule has 0 spiro atoms. The Morgan fingerprint density at radius 1 is 1.67 bits per heavy atom. The Morgan fingerprint density at radius 2 is 2.17 bits per heavy atom. The van der Waals surface area contributed by atoms with E-state index in [1.807, 2.05) is 0 Å². The van der Waals surface area contributed by atoms with Crippen LogP contribution in [0.1, 0.15) is 20.3 Å². The van der Waals surface area contributed by atoms with Crippen LogP contribution in [-0.4, -0.2) is 0 Å². The highest BCUT2D eigenvalue weighted by molar-refractivity contribution is 4.92. The van der Waals surface area contributed by atoms with Crippen LogP contribution >= 0.6 is 0 Å². The van der Waals surface area contributed by atoms with E-state index in [1.54, 1.807) is 0 Å². The molecule has 0 unspecified atom stereocenters. The average Bonchev–Trinajstić information content (AvgIpc) is 1.35. The predicted octanol–water partition coefficient (Wildman–Crippen LogP) is 2.18. The Labute approximate surface area is 39.9 Å². The first-order valence-electron chi connectivity index (χ1n) is 2.20. The van der Waals surface area contributed by atoms with Gasteiger partial charge in [0.25, 0.3) is 0 Å². The molecule has 0 aromatic carbocycles. The second kappa shape index (κ2) is 2.95. The van der Waals surface area contributed by atoms with E-state index in [9.17, 15) is 0 Å². The van der Waals surface area contributed by atoms with E-state index in [0.29, 0.717) is 0 Å². The minimum Gasteiger partial charge on any atom is -0.340 e. The summed E-state index contributed by atoms with van der Waals surface area (Å²) >= 11 is 0. The van der Waals surface area contributed by atoms with Crippen LogP contribution in [0.3, 0.4) is 0 Å². The van der Waals surface area contributed by atoms with Crippen molar-refractivity contribution in [3.05, 3.63) is 18.6 Å². The quantitative estimate of drug-likeness (QED) is 0.336. The molecule has 0 aliphatic carbocycles. The van der Waals surface area contributed by atoms with Crippen molar-refractivity contribution >= 4 is 0 Å². The van der Waals surface area contributed by atoms with Gasteiger partial charge in [0.2, 0.25) is 0 Å². The van der Waals surface area contributed by atoms with Gasteiger partial charge in [-0.3, -0.25) is 0 Å². The van der Waals surface area contributed by atoms with Crippen LogP contribution in [-0.2, 0) is 0 Å². The maximum Gasteiger partial charge on any atom is -0.0443 e. The second-order valence-electron chi connectivity index (χ2n) is 1.57. The van der Waals surface area contributed by atoms with E-state index in [4.69, 9.17) is 0 Å². The van der Waals surface area contributed by atoms with Gasteiger partial charge in [-0.05, 0) is 13.8 Å². The van der Waals surface area contributed by atoms with Crippen molar-refractivity contribution in [2.24, 2.45) is 0 Å². The summed E-state index contributed by atoms with van der Waals surface area (Å²) in [6.07, 6.45) is 3.02. The topological polar surface area (TPSA) is 0 Å². The zero-order valence-electron chi connectivity index (χ0n) is 4.49. The molecule has 0 aromatic rings. The lowest BCUT2D eigenvalue weighted by molar-refractivity contribution is 1.28. The Kier molecular flexibility index (Phi) is 2.82. The van der Waals surface area contributed by atoms with E-state index >= 15 is 0 Å². The highest BCUT2D eigenvalue weighted by atomic mass is 13.7. The summed E-state index contributed by atoms with van der Waals surface area (Å²) < 4.78 is 0.